The molecule has 1 heterocycles. The molecule has 8 nitrogen and oxygen atoms in total. The predicted octanol–water partition coefficient (Wildman–Crippen LogP) is 5.86. The van der Waals surface area contributed by atoms with Gasteiger partial charge < -0.3 is 9.67 Å². The van der Waals surface area contributed by atoms with Crippen molar-refractivity contribution in [3.63, 3.8) is 0 Å². The molecule has 206 valence electrons. The van der Waals surface area contributed by atoms with E-state index in [0.717, 1.165) is 15.2 Å². The van der Waals surface area contributed by atoms with E-state index < -0.39 is 32.4 Å². The van der Waals surface area contributed by atoms with Crippen LogP contribution in [-0.4, -0.2) is 44.8 Å². The Bertz CT molecular complexity index is 1950. The molecule has 12 heteroatoms. The molecule has 0 unspecified atom stereocenters. The summed E-state index contributed by atoms with van der Waals surface area (Å²) >= 11 is 12.1. The number of carboxylic acids is 1. The number of carbonyl (C=O) groups is 1. The highest BCUT2D eigenvalue weighted by molar-refractivity contribution is 7.93. The van der Waals surface area contributed by atoms with Crippen molar-refractivity contribution in [1.82, 2.24) is 4.57 Å². The number of benzene rings is 4. The van der Waals surface area contributed by atoms with Crippen molar-refractivity contribution >= 4 is 76.5 Å². The molecule has 0 saturated carbocycles. The Morgan fingerprint density at radius 1 is 0.750 bits per heavy atom. The summed E-state index contributed by atoms with van der Waals surface area (Å²) in [7, 11) is -7.93. The van der Waals surface area contributed by atoms with E-state index in [1.807, 2.05) is 28.8 Å². The number of halogens is 2. The van der Waals surface area contributed by atoms with E-state index >= 15 is 0 Å². The topological polar surface area (TPSA) is 114 Å². The van der Waals surface area contributed by atoms with Gasteiger partial charge in [0.05, 0.1) is 21.2 Å². The second kappa shape index (κ2) is 10.8. The molecule has 0 spiro atoms. The minimum atomic E-state index is -4.37. The molecule has 0 radical (unpaired) electrons. The third-order valence-electron chi connectivity index (χ3n) is 6.43. The molecule has 5 rings (SSSR count). The largest absolute Gasteiger partial charge is 0.480 e. The van der Waals surface area contributed by atoms with Gasteiger partial charge in [0.1, 0.15) is 6.54 Å². The summed E-state index contributed by atoms with van der Waals surface area (Å²) < 4.78 is 55.8. The van der Waals surface area contributed by atoms with Crippen LogP contribution in [0, 0.1) is 0 Å². The minimum absolute atomic E-state index is 0.0883. The monoisotopic (exact) mass is 616 g/mol. The van der Waals surface area contributed by atoms with Crippen LogP contribution in [0.2, 0.25) is 10.0 Å². The standard InChI is InChI=1S/C28H22Cl2N2O6S2/c29-19-14-20(30)16-23(15-19)40(37,38)32(18-28(33)34)21-10-11-27-25(17-21)24-8-4-5-9-26(24)31(27)12-13-39(35,36)22-6-2-1-3-7-22/h1-11,14-17H,12-13,18H2,(H,33,34). The maximum atomic E-state index is 13.6. The van der Waals surface area contributed by atoms with Crippen LogP contribution in [0.3, 0.4) is 0 Å². The van der Waals surface area contributed by atoms with Gasteiger partial charge in [-0.2, -0.15) is 0 Å². The molecular formula is C28H22Cl2N2O6S2. The van der Waals surface area contributed by atoms with Crippen LogP contribution in [0.25, 0.3) is 21.8 Å². The molecule has 40 heavy (non-hydrogen) atoms. The Kier molecular flexibility index (Phi) is 7.54. The minimum Gasteiger partial charge on any atom is -0.480 e. The zero-order valence-electron chi connectivity index (χ0n) is 20.7. The predicted molar refractivity (Wildman–Crippen MR) is 157 cm³/mol. The summed E-state index contributed by atoms with van der Waals surface area (Å²) in [6.07, 6.45) is 0. The highest BCUT2D eigenvalue weighted by atomic mass is 35.5. The van der Waals surface area contributed by atoms with Gasteiger partial charge in [-0.3, -0.25) is 9.10 Å². The number of rotatable bonds is 9. The molecule has 0 amide bonds. The van der Waals surface area contributed by atoms with Crippen molar-refractivity contribution in [2.75, 3.05) is 16.6 Å². The summed E-state index contributed by atoms with van der Waals surface area (Å²) in [6.45, 7) is -0.690. The lowest BCUT2D eigenvalue weighted by Gasteiger charge is -2.23. The fourth-order valence-corrected chi connectivity index (χ4v) is 8.00. The van der Waals surface area contributed by atoms with Gasteiger partial charge in [-0.05, 0) is 54.6 Å². The number of anilines is 1. The van der Waals surface area contributed by atoms with E-state index in [4.69, 9.17) is 23.2 Å². The van der Waals surface area contributed by atoms with E-state index in [0.29, 0.717) is 10.9 Å². The van der Waals surface area contributed by atoms with Crippen LogP contribution < -0.4 is 4.31 Å². The van der Waals surface area contributed by atoms with Crippen LogP contribution in [0.4, 0.5) is 5.69 Å². The Morgan fingerprint density at radius 2 is 1.38 bits per heavy atom. The van der Waals surface area contributed by atoms with E-state index in [1.165, 1.54) is 24.3 Å². The van der Waals surface area contributed by atoms with Gasteiger partial charge in [-0.15, -0.1) is 0 Å². The van der Waals surface area contributed by atoms with E-state index in [2.05, 4.69) is 0 Å². The Balaban J connectivity index is 1.61. The SMILES string of the molecule is O=C(O)CN(c1ccc2c(c1)c1ccccc1n2CCS(=O)(=O)c1ccccc1)S(=O)(=O)c1cc(Cl)cc(Cl)c1. The Morgan fingerprint density at radius 3 is 2.05 bits per heavy atom. The number of sulfonamides is 1. The fraction of sp³-hybridized carbons (Fsp3) is 0.107. The number of aliphatic carboxylic acids is 1. The number of para-hydroxylation sites is 1. The average Bonchev–Trinajstić information content (AvgIpc) is 3.23. The third kappa shape index (κ3) is 5.40. The molecule has 0 atom stereocenters. The van der Waals surface area contributed by atoms with Crippen molar-refractivity contribution in [2.24, 2.45) is 0 Å². The fourth-order valence-electron chi connectivity index (χ4n) is 4.64. The lowest BCUT2D eigenvalue weighted by Crippen LogP contribution is -2.35. The second-order valence-electron chi connectivity index (χ2n) is 9.01. The van der Waals surface area contributed by atoms with Crippen molar-refractivity contribution in [1.29, 1.82) is 0 Å². The second-order valence-corrected chi connectivity index (χ2v) is 13.9. The molecule has 0 aliphatic rings. The Hall–Kier alpha value is -3.57. The smallest absolute Gasteiger partial charge is 0.324 e. The van der Waals surface area contributed by atoms with Gasteiger partial charge in [0.15, 0.2) is 9.84 Å². The first-order chi connectivity index (χ1) is 19.0. The van der Waals surface area contributed by atoms with Gasteiger partial charge in [0.2, 0.25) is 0 Å². The molecular weight excluding hydrogens is 595 g/mol. The number of fused-ring (bicyclic) bond motifs is 3. The maximum Gasteiger partial charge on any atom is 0.324 e. The van der Waals surface area contributed by atoms with Crippen molar-refractivity contribution < 1.29 is 26.7 Å². The van der Waals surface area contributed by atoms with Gasteiger partial charge in [-0.25, -0.2) is 16.8 Å². The first-order valence-electron chi connectivity index (χ1n) is 12.0. The highest BCUT2D eigenvalue weighted by Crippen LogP contribution is 2.35. The first kappa shape index (κ1) is 28.0. The summed E-state index contributed by atoms with van der Waals surface area (Å²) in [5.41, 5.74) is 1.55. The van der Waals surface area contributed by atoms with Crippen LogP contribution in [-0.2, 0) is 31.2 Å². The maximum absolute atomic E-state index is 13.6. The van der Waals surface area contributed by atoms with Crippen LogP contribution in [0.5, 0.6) is 0 Å². The quantitative estimate of drug-likeness (QED) is 0.222. The van der Waals surface area contributed by atoms with Crippen molar-refractivity contribution in [3.8, 4) is 0 Å². The van der Waals surface area contributed by atoms with E-state index in [-0.39, 0.29) is 37.8 Å². The van der Waals surface area contributed by atoms with Crippen LogP contribution >= 0.6 is 23.2 Å². The van der Waals surface area contributed by atoms with Crippen LogP contribution in [0.15, 0.2) is 101 Å². The van der Waals surface area contributed by atoms with Gasteiger partial charge in [-0.1, -0.05) is 59.6 Å². The van der Waals surface area contributed by atoms with E-state index in [9.17, 15) is 26.7 Å². The molecule has 0 bridgehead atoms. The lowest BCUT2D eigenvalue weighted by atomic mass is 10.1. The lowest BCUT2D eigenvalue weighted by molar-refractivity contribution is -0.135. The summed E-state index contributed by atoms with van der Waals surface area (Å²) in [5, 5.41) is 11.1. The number of sulfone groups is 1. The van der Waals surface area contributed by atoms with Crippen LogP contribution in [0.1, 0.15) is 0 Å². The Labute approximate surface area is 240 Å². The third-order valence-corrected chi connectivity index (χ3v) is 10.3. The molecule has 5 aromatic rings. The summed E-state index contributed by atoms with van der Waals surface area (Å²) in [5.74, 6) is -1.51. The molecule has 0 saturated heterocycles. The number of aryl methyl sites for hydroxylation is 1. The zero-order chi connectivity index (χ0) is 28.7. The molecule has 0 aliphatic heterocycles. The van der Waals surface area contributed by atoms with Gasteiger partial charge in [0.25, 0.3) is 10.0 Å². The number of hydrogen-bond donors (Lipinski definition) is 1. The molecule has 4 aromatic carbocycles. The normalized spacial score (nSPS) is 12.2. The molecule has 1 aromatic heterocycles. The van der Waals surface area contributed by atoms with Crippen molar-refractivity contribution in [3.05, 3.63) is 101 Å². The molecule has 0 aliphatic carbocycles. The molecule has 1 N–H and O–H groups in total. The number of aromatic nitrogens is 1. The van der Waals surface area contributed by atoms with Gasteiger partial charge >= 0.3 is 5.97 Å². The molecule has 0 fully saturated rings. The van der Waals surface area contributed by atoms with Crippen molar-refractivity contribution in [2.45, 2.75) is 16.3 Å². The summed E-state index contributed by atoms with van der Waals surface area (Å²) in [6, 6.07) is 24.1. The van der Waals surface area contributed by atoms with E-state index in [1.54, 1.807) is 42.5 Å². The number of hydrogen-bond acceptors (Lipinski definition) is 5. The number of nitrogens with zero attached hydrogens (tertiary/aromatic N) is 2. The number of carboxylic acid groups (broad SMARTS) is 1. The first-order valence-corrected chi connectivity index (χ1v) is 15.8. The highest BCUT2D eigenvalue weighted by Gasteiger charge is 2.29. The summed E-state index contributed by atoms with van der Waals surface area (Å²) in [4.78, 5) is 11.7. The van der Waals surface area contributed by atoms with Gasteiger partial charge in [0, 0.05) is 38.4 Å². The average molecular weight is 618 g/mol. The zero-order valence-corrected chi connectivity index (χ0v) is 23.9.